The van der Waals surface area contributed by atoms with E-state index in [1.165, 1.54) is 31.2 Å². The number of anilines is 1. The minimum atomic E-state index is -0.179. The van der Waals surface area contributed by atoms with E-state index < -0.39 is 0 Å². The molecule has 1 saturated heterocycles. The van der Waals surface area contributed by atoms with E-state index in [9.17, 15) is 4.79 Å². The molecule has 4 heteroatoms. The molecule has 132 valence electrons. The van der Waals surface area contributed by atoms with Crippen LogP contribution in [0.1, 0.15) is 42.7 Å². The Kier molecular flexibility index (Phi) is 3.59. The minimum Gasteiger partial charge on any atom is -0.356 e. The predicted molar refractivity (Wildman–Crippen MR) is 105 cm³/mol. The molecule has 26 heavy (non-hydrogen) atoms. The highest BCUT2D eigenvalue weighted by Crippen LogP contribution is 2.41. The zero-order chi connectivity index (χ0) is 17.7. The molecule has 1 aromatic heterocycles. The van der Waals surface area contributed by atoms with Crippen molar-refractivity contribution in [2.75, 3.05) is 18.0 Å². The van der Waals surface area contributed by atoms with Crippen molar-refractivity contribution >= 4 is 16.7 Å². The maximum absolute atomic E-state index is 13.1. The Hall–Kier alpha value is -2.62. The predicted octanol–water partition coefficient (Wildman–Crippen LogP) is 4.17. The molecule has 0 bridgehead atoms. The van der Waals surface area contributed by atoms with Crippen LogP contribution in [0.2, 0.25) is 0 Å². The van der Waals surface area contributed by atoms with Gasteiger partial charge in [0.15, 0.2) is 0 Å². The van der Waals surface area contributed by atoms with Crippen molar-refractivity contribution in [1.29, 1.82) is 0 Å². The van der Waals surface area contributed by atoms with E-state index >= 15 is 0 Å². The van der Waals surface area contributed by atoms with Crippen LogP contribution in [0.4, 0.5) is 5.82 Å². The van der Waals surface area contributed by atoms with E-state index in [-0.39, 0.29) is 5.69 Å². The summed E-state index contributed by atoms with van der Waals surface area (Å²) >= 11 is 0. The van der Waals surface area contributed by atoms with Gasteiger partial charge in [-0.15, -0.1) is 0 Å². The standard InChI is InChI=1S/C22H23N3O/c1-15-6-2-3-7-19(15)25-20-14-17(16-8-9-16)10-11-18(20)21(23-22(25)26)24-12-4-5-13-24/h2-3,6-7,10-11,14,16H,4-5,8-9,12-13H2,1H3. The molecule has 1 aliphatic carbocycles. The number of para-hydroxylation sites is 1. The molecule has 2 aliphatic rings. The first-order chi connectivity index (χ1) is 12.7. The van der Waals surface area contributed by atoms with Crippen LogP contribution < -0.4 is 10.6 Å². The lowest BCUT2D eigenvalue weighted by molar-refractivity contribution is 0.890. The lowest BCUT2D eigenvalue weighted by Crippen LogP contribution is -2.28. The largest absolute Gasteiger partial charge is 0.356 e. The molecule has 2 fully saturated rings. The first-order valence-electron chi connectivity index (χ1n) is 9.60. The van der Waals surface area contributed by atoms with Crippen molar-refractivity contribution < 1.29 is 0 Å². The van der Waals surface area contributed by atoms with Crippen molar-refractivity contribution in [1.82, 2.24) is 9.55 Å². The summed E-state index contributed by atoms with van der Waals surface area (Å²) < 4.78 is 1.80. The lowest BCUT2D eigenvalue weighted by Gasteiger charge is -2.21. The van der Waals surface area contributed by atoms with Crippen LogP contribution in [0, 0.1) is 6.92 Å². The lowest BCUT2D eigenvalue weighted by atomic mass is 10.1. The highest BCUT2D eigenvalue weighted by atomic mass is 16.1. The van der Waals surface area contributed by atoms with Gasteiger partial charge in [0.05, 0.1) is 11.2 Å². The van der Waals surface area contributed by atoms with Gasteiger partial charge in [0.1, 0.15) is 5.82 Å². The molecule has 4 nitrogen and oxygen atoms in total. The maximum Gasteiger partial charge on any atom is 0.354 e. The summed E-state index contributed by atoms with van der Waals surface area (Å²) in [6.45, 7) is 4.02. The summed E-state index contributed by atoms with van der Waals surface area (Å²) in [6.07, 6.45) is 4.85. The summed E-state index contributed by atoms with van der Waals surface area (Å²) in [5.74, 6) is 1.51. The van der Waals surface area contributed by atoms with Crippen molar-refractivity contribution in [3.05, 3.63) is 64.1 Å². The summed E-state index contributed by atoms with van der Waals surface area (Å²) in [6, 6.07) is 14.7. The monoisotopic (exact) mass is 345 g/mol. The fourth-order valence-electron chi connectivity index (χ4n) is 4.11. The Morgan fingerprint density at radius 3 is 2.54 bits per heavy atom. The van der Waals surface area contributed by atoms with Crippen LogP contribution in [0.5, 0.6) is 0 Å². The summed E-state index contributed by atoms with van der Waals surface area (Å²) in [5, 5.41) is 1.08. The topological polar surface area (TPSA) is 38.1 Å². The molecule has 2 aromatic carbocycles. The zero-order valence-electron chi connectivity index (χ0n) is 15.1. The normalized spacial score (nSPS) is 17.2. The number of aromatic nitrogens is 2. The molecule has 0 amide bonds. The van der Waals surface area contributed by atoms with Crippen LogP contribution in [-0.4, -0.2) is 22.6 Å². The second-order valence-corrected chi connectivity index (χ2v) is 7.58. The number of aryl methyl sites for hydroxylation is 1. The van der Waals surface area contributed by atoms with Gasteiger partial charge < -0.3 is 4.90 Å². The summed E-state index contributed by atoms with van der Waals surface area (Å²) in [7, 11) is 0. The number of hydrogen-bond donors (Lipinski definition) is 0. The smallest absolute Gasteiger partial charge is 0.354 e. The molecule has 2 heterocycles. The number of nitrogens with zero attached hydrogens (tertiary/aromatic N) is 3. The van der Waals surface area contributed by atoms with Crippen LogP contribution in [0.3, 0.4) is 0 Å². The van der Waals surface area contributed by atoms with Gasteiger partial charge in [0.2, 0.25) is 0 Å². The zero-order valence-corrected chi connectivity index (χ0v) is 15.1. The van der Waals surface area contributed by atoms with Crippen molar-refractivity contribution in [2.24, 2.45) is 0 Å². The van der Waals surface area contributed by atoms with Gasteiger partial charge in [-0.05, 0) is 67.9 Å². The van der Waals surface area contributed by atoms with Crippen LogP contribution in [0.25, 0.3) is 16.6 Å². The Morgan fingerprint density at radius 1 is 1.04 bits per heavy atom. The molecule has 1 saturated carbocycles. The van der Waals surface area contributed by atoms with Crippen LogP contribution in [-0.2, 0) is 0 Å². The fraction of sp³-hybridized carbons (Fsp3) is 0.364. The Balaban J connectivity index is 1.82. The molecule has 5 rings (SSSR count). The Morgan fingerprint density at radius 2 is 1.81 bits per heavy atom. The van der Waals surface area contributed by atoms with E-state index in [0.717, 1.165) is 41.1 Å². The minimum absolute atomic E-state index is 0.179. The Labute approximate surface area is 153 Å². The first kappa shape index (κ1) is 15.6. The summed E-state index contributed by atoms with van der Waals surface area (Å²) in [5.41, 5.74) is 4.17. The van der Waals surface area contributed by atoms with E-state index in [0.29, 0.717) is 5.92 Å². The van der Waals surface area contributed by atoms with Crippen molar-refractivity contribution in [3.63, 3.8) is 0 Å². The maximum atomic E-state index is 13.1. The van der Waals surface area contributed by atoms with Gasteiger partial charge in [0, 0.05) is 18.5 Å². The molecule has 0 spiro atoms. The number of fused-ring (bicyclic) bond motifs is 1. The third-order valence-corrected chi connectivity index (χ3v) is 5.71. The molecule has 1 aliphatic heterocycles. The molecule has 0 atom stereocenters. The SMILES string of the molecule is Cc1ccccc1-n1c(=O)nc(N2CCCC2)c2ccc(C3CC3)cc21. The van der Waals surface area contributed by atoms with Gasteiger partial charge in [0.25, 0.3) is 0 Å². The number of benzene rings is 2. The average molecular weight is 345 g/mol. The Bertz CT molecular complexity index is 1040. The van der Waals surface area contributed by atoms with Gasteiger partial charge >= 0.3 is 5.69 Å². The molecule has 0 N–H and O–H groups in total. The van der Waals surface area contributed by atoms with E-state index in [2.05, 4.69) is 28.1 Å². The molecule has 0 radical (unpaired) electrons. The third kappa shape index (κ3) is 2.52. The van der Waals surface area contributed by atoms with Gasteiger partial charge in [-0.2, -0.15) is 4.98 Å². The highest BCUT2D eigenvalue weighted by Gasteiger charge is 2.26. The number of rotatable bonds is 3. The van der Waals surface area contributed by atoms with Crippen molar-refractivity contribution in [3.8, 4) is 5.69 Å². The second kappa shape index (κ2) is 5.97. The third-order valence-electron chi connectivity index (χ3n) is 5.71. The van der Waals surface area contributed by atoms with E-state index in [1.54, 1.807) is 4.57 Å². The highest BCUT2D eigenvalue weighted by molar-refractivity contribution is 5.91. The van der Waals surface area contributed by atoms with Gasteiger partial charge in [-0.1, -0.05) is 24.3 Å². The quantitative estimate of drug-likeness (QED) is 0.715. The van der Waals surface area contributed by atoms with Gasteiger partial charge in [-0.3, -0.25) is 4.57 Å². The molecular weight excluding hydrogens is 322 g/mol. The van der Waals surface area contributed by atoms with E-state index in [4.69, 9.17) is 0 Å². The molecule has 3 aromatic rings. The van der Waals surface area contributed by atoms with Crippen molar-refractivity contribution in [2.45, 2.75) is 38.5 Å². The van der Waals surface area contributed by atoms with Crippen LogP contribution >= 0.6 is 0 Å². The second-order valence-electron chi connectivity index (χ2n) is 7.58. The van der Waals surface area contributed by atoms with Crippen LogP contribution in [0.15, 0.2) is 47.3 Å². The molecule has 0 unspecified atom stereocenters. The number of hydrogen-bond acceptors (Lipinski definition) is 3. The van der Waals surface area contributed by atoms with Gasteiger partial charge in [-0.25, -0.2) is 4.79 Å². The van der Waals surface area contributed by atoms with E-state index in [1.807, 2.05) is 31.2 Å². The summed E-state index contributed by atoms with van der Waals surface area (Å²) in [4.78, 5) is 19.9. The first-order valence-corrected chi connectivity index (χ1v) is 9.60. The molecular formula is C22H23N3O. The fourth-order valence-corrected chi connectivity index (χ4v) is 4.11. The average Bonchev–Trinajstić information content (AvgIpc) is 3.36.